The number of nitrogens with zero attached hydrogens (tertiary/aromatic N) is 4. The molecule has 1 aliphatic rings. The van der Waals surface area contributed by atoms with Gasteiger partial charge in [-0.1, -0.05) is 20.8 Å². The zero-order valence-corrected chi connectivity index (χ0v) is 18.1. The van der Waals surface area contributed by atoms with E-state index in [2.05, 4.69) is 20.6 Å². The van der Waals surface area contributed by atoms with Crippen molar-refractivity contribution in [3.63, 3.8) is 0 Å². The molecule has 1 aromatic heterocycles. The number of carbonyl (C=O) groups is 1. The lowest BCUT2D eigenvalue weighted by Gasteiger charge is -2.47. The molecular weight excluding hydrogens is 376 g/mol. The van der Waals surface area contributed by atoms with Crippen molar-refractivity contribution >= 4 is 23.5 Å². The highest BCUT2D eigenvalue weighted by molar-refractivity contribution is 5.67. The van der Waals surface area contributed by atoms with Gasteiger partial charge in [-0.3, -0.25) is 10.1 Å². The monoisotopic (exact) mass is 408 g/mol. The third kappa shape index (κ3) is 5.04. The van der Waals surface area contributed by atoms with E-state index in [1.165, 1.54) is 11.1 Å². The number of hydrogen-bond donors (Lipinski definition) is 3. The second-order valence-electron chi connectivity index (χ2n) is 9.56. The zero-order valence-electron chi connectivity index (χ0n) is 18.1. The van der Waals surface area contributed by atoms with E-state index in [-0.39, 0.29) is 22.5 Å². The van der Waals surface area contributed by atoms with Gasteiger partial charge in [0.15, 0.2) is 0 Å². The Bertz CT molecular complexity index is 771. The maximum Gasteiger partial charge on any atom is 0.407 e. The van der Waals surface area contributed by atoms with Crippen LogP contribution in [0.15, 0.2) is 6.20 Å². The van der Waals surface area contributed by atoms with Crippen molar-refractivity contribution in [2.45, 2.75) is 71.9 Å². The minimum Gasteiger partial charge on any atom is -0.465 e. The fraction of sp³-hybridized carbons (Fsp3) is 0.737. The second kappa shape index (κ2) is 8.00. The minimum absolute atomic E-state index is 0.126. The molecule has 1 atom stereocenters. The van der Waals surface area contributed by atoms with E-state index in [4.69, 9.17) is 0 Å². The highest BCUT2D eigenvalue weighted by Gasteiger charge is 2.51. The molecule has 0 bridgehead atoms. The maximum absolute atomic E-state index is 11.8. The van der Waals surface area contributed by atoms with Gasteiger partial charge in [0.25, 0.3) is 0 Å². The Morgan fingerprint density at radius 3 is 2.52 bits per heavy atom. The van der Waals surface area contributed by atoms with Crippen LogP contribution in [0.3, 0.4) is 0 Å². The standard InChI is InChI=1S/C19H32N6O4/c1-17(2,3)19(8-7-11-24(19)16(26)27)9-10-20-14-13(25(28)29)12-21-15(22-14)23-18(4,5)6/h12H,7-11H2,1-6H3,(H,26,27)(H2,20,21,22,23). The van der Waals surface area contributed by atoms with Crippen molar-refractivity contribution in [1.29, 1.82) is 0 Å². The summed E-state index contributed by atoms with van der Waals surface area (Å²) in [6.45, 7) is 12.8. The molecule has 29 heavy (non-hydrogen) atoms. The minimum atomic E-state index is -0.929. The van der Waals surface area contributed by atoms with Crippen LogP contribution in [0, 0.1) is 15.5 Å². The quantitative estimate of drug-likeness (QED) is 0.476. The van der Waals surface area contributed by atoms with E-state index in [0.29, 0.717) is 25.5 Å². The van der Waals surface area contributed by atoms with E-state index < -0.39 is 16.6 Å². The topological polar surface area (TPSA) is 134 Å². The van der Waals surface area contributed by atoms with E-state index in [1.807, 2.05) is 41.5 Å². The smallest absolute Gasteiger partial charge is 0.407 e. The first-order valence-corrected chi connectivity index (χ1v) is 9.81. The molecule has 10 nitrogen and oxygen atoms in total. The Kier molecular flexibility index (Phi) is 6.24. The van der Waals surface area contributed by atoms with Crippen molar-refractivity contribution < 1.29 is 14.8 Å². The second-order valence-corrected chi connectivity index (χ2v) is 9.56. The van der Waals surface area contributed by atoms with Gasteiger partial charge in [-0.2, -0.15) is 4.98 Å². The van der Waals surface area contributed by atoms with Gasteiger partial charge in [-0.05, 0) is 45.4 Å². The molecular formula is C19H32N6O4. The van der Waals surface area contributed by atoms with Gasteiger partial charge in [-0.15, -0.1) is 0 Å². The molecule has 1 saturated heterocycles. The number of aromatic nitrogens is 2. The lowest BCUT2D eigenvalue weighted by Crippen LogP contribution is -2.56. The van der Waals surface area contributed by atoms with Crippen LogP contribution < -0.4 is 10.6 Å². The summed E-state index contributed by atoms with van der Waals surface area (Å²) in [5.41, 5.74) is -1.33. The molecule has 2 rings (SSSR count). The lowest BCUT2D eigenvalue weighted by molar-refractivity contribution is -0.384. The Labute approximate surface area is 171 Å². The highest BCUT2D eigenvalue weighted by atomic mass is 16.6. The normalized spacial score (nSPS) is 19.9. The molecule has 10 heteroatoms. The van der Waals surface area contributed by atoms with Crippen molar-refractivity contribution in [3.05, 3.63) is 16.3 Å². The average molecular weight is 409 g/mol. The number of anilines is 2. The number of amides is 1. The Balaban J connectivity index is 2.24. The van der Waals surface area contributed by atoms with Gasteiger partial charge >= 0.3 is 11.8 Å². The van der Waals surface area contributed by atoms with Gasteiger partial charge in [0.1, 0.15) is 6.20 Å². The molecule has 0 aliphatic carbocycles. The zero-order chi connectivity index (χ0) is 22.0. The first-order valence-electron chi connectivity index (χ1n) is 9.81. The number of likely N-dealkylation sites (tertiary alicyclic amines) is 1. The number of nitrogens with one attached hydrogen (secondary N) is 2. The summed E-state index contributed by atoms with van der Waals surface area (Å²) >= 11 is 0. The van der Waals surface area contributed by atoms with Crippen LogP contribution in [0.2, 0.25) is 0 Å². The lowest BCUT2D eigenvalue weighted by atomic mass is 9.70. The summed E-state index contributed by atoms with van der Waals surface area (Å²) in [7, 11) is 0. The molecule has 1 aliphatic heterocycles. The largest absolute Gasteiger partial charge is 0.465 e. The van der Waals surface area contributed by atoms with Gasteiger partial charge in [-0.25, -0.2) is 9.78 Å². The van der Waals surface area contributed by atoms with Crippen LogP contribution in [0.4, 0.5) is 22.2 Å². The SMILES string of the molecule is CC(C)(C)Nc1ncc([N+](=O)[O-])c(NCCC2(C(C)(C)C)CCCN2C(=O)O)n1. The molecule has 0 radical (unpaired) electrons. The first-order chi connectivity index (χ1) is 13.3. The van der Waals surface area contributed by atoms with E-state index in [9.17, 15) is 20.0 Å². The predicted molar refractivity (Wildman–Crippen MR) is 111 cm³/mol. The molecule has 162 valence electrons. The van der Waals surface area contributed by atoms with Crippen LogP contribution in [0.5, 0.6) is 0 Å². The van der Waals surface area contributed by atoms with Gasteiger partial charge in [0.05, 0.1) is 10.5 Å². The van der Waals surface area contributed by atoms with Crippen LogP contribution in [-0.4, -0.2) is 55.2 Å². The van der Waals surface area contributed by atoms with E-state index in [1.54, 1.807) is 0 Å². The van der Waals surface area contributed by atoms with Crippen molar-refractivity contribution in [3.8, 4) is 0 Å². The fourth-order valence-electron chi connectivity index (χ4n) is 3.99. The number of nitro groups is 1. The number of hydrogen-bond acceptors (Lipinski definition) is 7. The van der Waals surface area contributed by atoms with Crippen LogP contribution >= 0.6 is 0 Å². The summed E-state index contributed by atoms with van der Waals surface area (Å²) in [4.78, 5) is 32.5. The fourth-order valence-corrected chi connectivity index (χ4v) is 3.99. The molecule has 1 aromatic rings. The highest BCUT2D eigenvalue weighted by Crippen LogP contribution is 2.46. The Hall–Kier alpha value is -2.65. The van der Waals surface area contributed by atoms with Gasteiger partial charge < -0.3 is 20.6 Å². The first kappa shape index (κ1) is 22.6. The van der Waals surface area contributed by atoms with E-state index >= 15 is 0 Å². The maximum atomic E-state index is 11.8. The number of rotatable bonds is 6. The summed E-state index contributed by atoms with van der Waals surface area (Å²) in [5.74, 6) is 0.421. The molecule has 1 fully saturated rings. The molecule has 2 heterocycles. The van der Waals surface area contributed by atoms with Crippen molar-refractivity contribution in [1.82, 2.24) is 14.9 Å². The van der Waals surface area contributed by atoms with E-state index in [0.717, 1.165) is 12.8 Å². The molecule has 0 saturated carbocycles. The van der Waals surface area contributed by atoms with Crippen LogP contribution in [0.25, 0.3) is 0 Å². The molecule has 3 N–H and O–H groups in total. The van der Waals surface area contributed by atoms with Gasteiger partial charge in [0, 0.05) is 18.6 Å². The predicted octanol–water partition coefficient (Wildman–Crippen LogP) is 3.96. The van der Waals surface area contributed by atoms with Crippen LogP contribution in [0.1, 0.15) is 60.8 Å². The average Bonchev–Trinajstić information content (AvgIpc) is 2.98. The Morgan fingerprint density at radius 1 is 1.34 bits per heavy atom. The summed E-state index contributed by atoms with van der Waals surface area (Å²) in [6, 6.07) is 0. The molecule has 1 amide bonds. The van der Waals surface area contributed by atoms with Crippen molar-refractivity contribution in [2.75, 3.05) is 23.7 Å². The third-order valence-corrected chi connectivity index (χ3v) is 5.40. The Morgan fingerprint density at radius 2 is 2.00 bits per heavy atom. The van der Waals surface area contributed by atoms with Gasteiger partial charge in [0.2, 0.25) is 11.8 Å². The summed E-state index contributed by atoms with van der Waals surface area (Å²) in [5, 5.41) is 27.2. The molecule has 0 spiro atoms. The summed E-state index contributed by atoms with van der Waals surface area (Å²) < 4.78 is 0. The molecule has 0 aromatic carbocycles. The third-order valence-electron chi connectivity index (χ3n) is 5.40. The number of carboxylic acid groups (broad SMARTS) is 1. The summed E-state index contributed by atoms with van der Waals surface area (Å²) in [6.07, 6.45) is 2.33. The molecule has 1 unspecified atom stereocenters. The van der Waals surface area contributed by atoms with Crippen molar-refractivity contribution in [2.24, 2.45) is 5.41 Å². The van der Waals surface area contributed by atoms with Crippen LogP contribution in [-0.2, 0) is 0 Å².